The summed E-state index contributed by atoms with van der Waals surface area (Å²) in [4.78, 5) is 0. The number of benzene rings is 3. The number of pyridine rings is 1. The fraction of sp³-hybridized carbons (Fsp3) is 0.250. The summed E-state index contributed by atoms with van der Waals surface area (Å²) in [7, 11) is 2.09. The molecule has 1 nitrogen and oxygen atoms in total. The molecule has 0 spiro atoms. The fourth-order valence-corrected chi connectivity index (χ4v) is 4.14. The zero-order chi connectivity index (χ0) is 21.6. The van der Waals surface area contributed by atoms with Crippen LogP contribution in [0.5, 0.6) is 0 Å². The highest BCUT2D eigenvalue weighted by Gasteiger charge is 2.23. The van der Waals surface area contributed by atoms with E-state index in [4.69, 9.17) is 0 Å². The first-order chi connectivity index (χ1) is 14.2. The Bertz CT molecular complexity index is 1250. The van der Waals surface area contributed by atoms with Crippen molar-refractivity contribution >= 4 is 10.8 Å². The largest absolute Gasteiger partial charge is 0.220 e. The average molecular weight is 399 g/mol. The summed E-state index contributed by atoms with van der Waals surface area (Å²) in [5.74, 6) is -0.183. The third kappa shape index (κ3) is 3.52. The lowest BCUT2D eigenvalue weighted by Crippen LogP contribution is -2.35. The van der Waals surface area contributed by atoms with Gasteiger partial charge in [0.25, 0.3) is 0 Å². The molecule has 3 aromatic carbocycles. The molecule has 0 aliphatic rings. The number of nitrogens with zero attached hydrogens (tertiary/aromatic N) is 1. The van der Waals surface area contributed by atoms with E-state index in [1.807, 2.05) is 43.3 Å². The lowest BCUT2D eigenvalue weighted by molar-refractivity contribution is -0.665. The van der Waals surface area contributed by atoms with E-state index in [1.54, 1.807) is 6.07 Å². The normalized spacial score (nSPS) is 11.8. The predicted octanol–water partition coefficient (Wildman–Crippen LogP) is 7.05. The SMILES string of the molecule is Cc1cc(F)c(-c2ccccc2)cc1-c1c2ccc(C(C)(C)C)cc2cc(C)[n+]1C. The van der Waals surface area contributed by atoms with Crippen LogP contribution in [-0.2, 0) is 12.5 Å². The summed E-state index contributed by atoms with van der Waals surface area (Å²) in [5, 5.41) is 2.41. The van der Waals surface area contributed by atoms with Gasteiger partial charge in [-0.25, -0.2) is 4.39 Å². The van der Waals surface area contributed by atoms with E-state index >= 15 is 0 Å². The van der Waals surface area contributed by atoms with Crippen LogP contribution < -0.4 is 4.57 Å². The molecule has 0 saturated heterocycles. The minimum Gasteiger partial charge on any atom is -0.206 e. The molecule has 0 aliphatic heterocycles. The number of hydrogen-bond donors (Lipinski definition) is 0. The Labute approximate surface area is 178 Å². The molecule has 0 radical (unpaired) electrons. The van der Waals surface area contributed by atoms with Crippen LogP contribution >= 0.6 is 0 Å². The van der Waals surface area contributed by atoms with Crippen LogP contribution in [-0.4, -0.2) is 0 Å². The monoisotopic (exact) mass is 398 g/mol. The molecule has 4 aromatic rings. The van der Waals surface area contributed by atoms with Crippen molar-refractivity contribution in [3.63, 3.8) is 0 Å². The number of halogens is 1. The minimum atomic E-state index is -0.183. The molecule has 0 aliphatic carbocycles. The van der Waals surface area contributed by atoms with E-state index in [0.29, 0.717) is 5.56 Å². The van der Waals surface area contributed by atoms with Crippen molar-refractivity contribution in [3.05, 3.63) is 89.4 Å². The molecule has 0 saturated carbocycles. The first kappa shape index (κ1) is 20.3. The summed E-state index contributed by atoms with van der Waals surface area (Å²) in [6, 6.07) is 22.4. The van der Waals surface area contributed by atoms with Gasteiger partial charge in [0.2, 0.25) is 5.69 Å². The number of aryl methyl sites for hydroxylation is 2. The maximum atomic E-state index is 14.9. The molecule has 1 heterocycles. The van der Waals surface area contributed by atoms with Gasteiger partial charge in [-0.3, -0.25) is 0 Å². The summed E-state index contributed by atoms with van der Waals surface area (Å²) in [6.45, 7) is 10.8. The van der Waals surface area contributed by atoms with Crippen LogP contribution in [0.1, 0.15) is 37.6 Å². The highest BCUT2D eigenvalue weighted by Crippen LogP contribution is 2.35. The molecular weight excluding hydrogens is 369 g/mol. The van der Waals surface area contributed by atoms with E-state index in [0.717, 1.165) is 22.4 Å². The molecule has 0 unspecified atom stereocenters. The van der Waals surface area contributed by atoms with Crippen molar-refractivity contribution in [2.24, 2.45) is 7.05 Å². The minimum absolute atomic E-state index is 0.0898. The second-order valence-corrected chi connectivity index (χ2v) is 9.26. The Morgan fingerprint density at radius 1 is 0.800 bits per heavy atom. The summed E-state index contributed by atoms with van der Waals surface area (Å²) < 4.78 is 17.1. The quantitative estimate of drug-likeness (QED) is 0.318. The Morgan fingerprint density at radius 2 is 1.50 bits per heavy atom. The fourth-order valence-electron chi connectivity index (χ4n) is 4.14. The van der Waals surface area contributed by atoms with Gasteiger partial charge in [0.05, 0.1) is 10.9 Å². The van der Waals surface area contributed by atoms with Crippen molar-refractivity contribution in [3.8, 4) is 22.4 Å². The molecule has 2 heteroatoms. The topological polar surface area (TPSA) is 3.88 Å². The summed E-state index contributed by atoms with van der Waals surface area (Å²) in [6.07, 6.45) is 0. The van der Waals surface area contributed by atoms with Crippen LogP contribution in [0.4, 0.5) is 4.39 Å². The maximum absolute atomic E-state index is 14.9. The average Bonchev–Trinajstić information content (AvgIpc) is 2.69. The van der Waals surface area contributed by atoms with E-state index in [2.05, 4.69) is 63.6 Å². The smallest absolute Gasteiger partial charge is 0.206 e. The Morgan fingerprint density at radius 3 is 2.17 bits per heavy atom. The van der Waals surface area contributed by atoms with Gasteiger partial charge >= 0.3 is 0 Å². The van der Waals surface area contributed by atoms with E-state index < -0.39 is 0 Å². The zero-order valence-electron chi connectivity index (χ0n) is 18.7. The molecule has 0 atom stereocenters. The molecule has 152 valence electrons. The van der Waals surface area contributed by atoms with Gasteiger partial charge in [-0.05, 0) is 52.6 Å². The van der Waals surface area contributed by atoms with Crippen LogP contribution in [0.25, 0.3) is 33.2 Å². The maximum Gasteiger partial charge on any atom is 0.220 e. The third-order valence-corrected chi connectivity index (χ3v) is 6.06. The van der Waals surface area contributed by atoms with Crippen molar-refractivity contribution < 1.29 is 8.96 Å². The lowest BCUT2D eigenvalue weighted by atomic mass is 9.85. The molecule has 0 bridgehead atoms. The van der Waals surface area contributed by atoms with Gasteiger partial charge in [0.1, 0.15) is 12.9 Å². The van der Waals surface area contributed by atoms with Crippen molar-refractivity contribution in [2.45, 2.75) is 40.0 Å². The van der Waals surface area contributed by atoms with E-state index in [1.165, 1.54) is 22.0 Å². The number of rotatable bonds is 2. The summed E-state index contributed by atoms with van der Waals surface area (Å²) >= 11 is 0. The molecular formula is C28H29FN+. The second kappa shape index (κ2) is 7.36. The standard InChI is InChI=1S/C28H29FN/c1-18-14-26(29)25(20-10-8-7-9-11-20)17-24(18)27-23-13-12-22(28(3,4)5)16-21(23)15-19(2)30(27)6/h7-17H,1-6H3/q+1. The first-order valence-electron chi connectivity index (χ1n) is 10.5. The molecule has 0 fully saturated rings. The Kier molecular flexibility index (Phi) is 4.97. The van der Waals surface area contributed by atoms with Gasteiger partial charge < -0.3 is 0 Å². The van der Waals surface area contributed by atoms with Gasteiger partial charge in [-0.2, -0.15) is 4.57 Å². The molecule has 0 N–H and O–H groups in total. The summed E-state index contributed by atoms with van der Waals surface area (Å²) in [5.41, 5.74) is 7.24. The number of fused-ring (bicyclic) bond motifs is 1. The molecule has 0 amide bonds. The third-order valence-electron chi connectivity index (χ3n) is 6.06. The van der Waals surface area contributed by atoms with Gasteiger partial charge in [-0.1, -0.05) is 63.2 Å². The second-order valence-electron chi connectivity index (χ2n) is 9.26. The first-order valence-corrected chi connectivity index (χ1v) is 10.5. The van der Waals surface area contributed by atoms with Gasteiger partial charge in [0, 0.05) is 18.6 Å². The van der Waals surface area contributed by atoms with Gasteiger partial charge in [-0.15, -0.1) is 0 Å². The zero-order valence-corrected chi connectivity index (χ0v) is 18.7. The Hall–Kier alpha value is -3.00. The van der Waals surface area contributed by atoms with Crippen LogP contribution in [0.15, 0.2) is 66.7 Å². The van der Waals surface area contributed by atoms with E-state index in [-0.39, 0.29) is 11.2 Å². The number of hydrogen-bond acceptors (Lipinski definition) is 0. The van der Waals surface area contributed by atoms with Crippen molar-refractivity contribution in [1.82, 2.24) is 0 Å². The molecule has 4 rings (SSSR count). The number of aromatic nitrogens is 1. The van der Waals surface area contributed by atoms with Crippen molar-refractivity contribution in [1.29, 1.82) is 0 Å². The highest BCUT2D eigenvalue weighted by atomic mass is 19.1. The van der Waals surface area contributed by atoms with Crippen LogP contribution in [0.3, 0.4) is 0 Å². The predicted molar refractivity (Wildman–Crippen MR) is 124 cm³/mol. The van der Waals surface area contributed by atoms with Crippen LogP contribution in [0.2, 0.25) is 0 Å². The van der Waals surface area contributed by atoms with E-state index in [9.17, 15) is 4.39 Å². The highest BCUT2D eigenvalue weighted by molar-refractivity contribution is 5.95. The van der Waals surface area contributed by atoms with Gasteiger partial charge in [0.15, 0.2) is 5.69 Å². The molecule has 30 heavy (non-hydrogen) atoms. The van der Waals surface area contributed by atoms with Crippen molar-refractivity contribution in [2.75, 3.05) is 0 Å². The lowest BCUT2D eigenvalue weighted by Gasteiger charge is -2.20. The van der Waals surface area contributed by atoms with Crippen LogP contribution in [0, 0.1) is 19.7 Å². The molecule has 1 aromatic heterocycles. The Balaban J connectivity index is 2.03.